The van der Waals surface area contributed by atoms with Crippen molar-refractivity contribution in [2.75, 3.05) is 14.2 Å². The summed E-state index contributed by atoms with van der Waals surface area (Å²) >= 11 is 3.35. The van der Waals surface area contributed by atoms with Gasteiger partial charge in [0.25, 0.3) is 5.91 Å². The molecule has 138 valence electrons. The summed E-state index contributed by atoms with van der Waals surface area (Å²) in [5.74, 6) is 0.0305. The molecule has 25 heavy (non-hydrogen) atoms. The lowest BCUT2D eigenvalue weighted by Crippen LogP contribution is -2.42. The van der Waals surface area contributed by atoms with Crippen molar-refractivity contribution in [2.45, 2.75) is 51.2 Å². The quantitative estimate of drug-likeness (QED) is 0.722. The third-order valence-corrected chi connectivity index (χ3v) is 5.07. The molecule has 1 saturated carbocycles. The van der Waals surface area contributed by atoms with E-state index in [1.807, 2.05) is 0 Å². The predicted octanol–water partition coefficient (Wildman–Crippen LogP) is 3.46. The van der Waals surface area contributed by atoms with Crippen LogP contribution in [0.15, 0.2) is 16.6 Å². The number of hydrogen-bond donors (Lipinski definition) is 1. The molecule has 0 aromatic heterocycles. The van der Waals surface area contributed by atoms with E-state index in [1.165, 1.54) is 20.6 Å². The third kappa shape index (κ3) is 5.11. The topological polar surface area (TPSA) is 73.9 Å². The first-order valence-electron chi connectivity index (χ1n) is 8.39. The minimum Gasteiger partial charge on any atom is -0.495 e. The van der Waals surface area contributed by atoms with Gasteiger partial charge in [-0.2, -0.15) is 0 Å². The SMILES string of the molecule is COc1cc(C(=O)O[C@@H](C)C(=O)NC2CCCCC2)cc(OC)c1Br. The molecule has 0 aliphatic heterocycles. The molecule has 1 aliphatic rings. The van der Waals surface area contributed by atoms with Gasteiger partial charge in [-0.25, -0.2) is 4.79 Å². The van der Waals surface area contributed by atoms with E-state index in [1.54, 1.807) is 19.1 Å². The molecule has 1 aromatic carbocycles. The minimum atomic E-state index is -0.866. The van der Waals surface area contributed by atoms with Crippen LogP contribution < -0.4 is 14.8 Å². The van der Waals surface area contributed by atoms with Crippen LogP contribution in [0.5, 0.6) is 11.5 Å². The van der Waals surface area contributed by atoms with Gasteiger partial charge in [-0.15, -0.1) is 0 Å². The largest absolute Gasteiger partial charge is 0.495 e. The summed E-state index contributed by atoms with van der Waals surface area (Å²) in [6.07, 6.45) is 4.55. The van der Waals surface area contributed by atoms with Crippen LogP contribution in [0.25, 0.3) is 0 Å². The Hall–Kier alpha value is -1.76. The van der Waals surface area contributed by atoms with Crippen molar-refractivity contribution in [1.29, 1.82) is 0 Å². The van der Waals surface area contributed by atoms with E-state index in [2.05, 4.69) is 21.2 Å². The van der Waals surface area contributed by atoms with Crippen LogP contribution in [0, 0.1) is 0 Å². The van der Waals surface area contributed by atoms with Crippen LogP contribution in [0.1, 0.15) is 49.4 Å². The second-order valence-corrected chi connectivity index (χ2v) is 6.88. The highest BCUT2D eigenvalue weighted by atomic mass is 79.9. The number of esters is 1. The summed E-state index contributed by atoms with van der Waals surface area (Å²) < 4.78 is 16.3. The average molecular weight is 414 g/mol. The van der Waals surface area contributed by atoms with Gasteiger partial charge in [0.15, 0.2) is 6.10 Å². The number of carbonyl (C=O) groups is 2. The second kappa shape index (κ2) is 9.08. The number of halogens is 1. The predicted molar refractivity (Wildman–Crippen MR) is 97.1 cm³/mol. The van der Waals surface area contributed by atoms with Gasteiger partial charge in [-0.05, 0) is 47.8 Å². The van der Waals surface area contributed by atoms with Crippen molar-refractivity contribution in [3.63, 3.8) is 0 Å². The summed E-state index contributed by atoms with van der Waals surface area (Å²) in [6.45, 7) is 1.57. The van der Waals surface area contributed by atoms with Gasteiger partial charge in [0.2, 0.25) is 0 Å². The fourth-order valence-corrected chi connectivity index (χ4v) is 3.39. The van der Waals surface area contributed by atoms with Crippen molar-refractivity contribution in [2.24, 2.45) is 0 Å². The molecule has 1 atom stereocenters. The zero-order chi connectivity index (χ0) is 18.4. The molecular weight excluding hydrogens is 390 g/mol. The first kappa shape index (κ1) is 19.6. The van der Waals surface area contributed by atoms with E-state index in [0.29, 0.717) is 16.0 Å². The Labute approximate surface area is 156 Å². The van der Waals surface area contributed by atoms with E-state index in [4.69, 9.17) is 14.2 Å². The Morgan fingerprint density at radius 3 is 2.20 bits per heavy atom. The molecule has 1 aliphatic carbocycles. The molecule has 0 bridgehead atoms. The lowest BCUT2D eigenvalue weighted by Gasteiger charge is -2.24. The van der Waals surface area contributed by atoms with Crippen molar-refractivity contribution >= 4 is 27.8 Å². The number of rotatable bonds is 6. The molecule has 1 amide bonds. The van der Waals surface area contributed by atoms with E-state index < -0.39 is 12.1 Å². The molecule has 0 radical (unpaired) electrons. The molecule has 0 saturated heterocycles. The number of carbonyl (C=O) groups excluding carboxylic acids is 2. The van der Waals surface area contributed by atoms with Gasteiger partial charge in [0.05, 0.1) is 19.8 Å². The maximum atomic E-state index is 12.4. The third-order valence-electron chi connectivity index (χ3n) is 4.29. The number of hydrogen-bond acceptors (Lipinski definition) is 5. The first-order chi connectivity index (χ1) is 12.0. The highest BCUT2D eigenvalue weighted by Gasteiger charge is 2.24. The van der Waals surface area contributed by atoms with Crippen molar-refractivity contribution in [1.82, 2.24) is 5.32 Å². The fraction of sp³-hybridized carbons (Fsp3) is 0.556. The van der Waals surface area contributed by atoms with Crippen LogP contribution in [0.4, 0.5) is 0 Å². The van der Waals surface area contributed by atoms with E-state index in [0.717, 1.165) is 25.7 Å². The zero-order valence-electron chi connectivity index (χ0n) is 14.8. The Morgan fingerprint density at radius 2 is 1.68 bits per heavy atom. The molecule has 1 aromatic rings. The van der Waals surface area contributed by atoms with Crippen molar-refractivity contribution in [3.8, 4) is 11.5 Å². The van der Waals surface area contributed by atoms with Crippen LogP contribution in [0.3, 0.4) is 0 Å². The standard InChI is InChI=1S/C18H24BrNO5/c1-11(17(21)20-13-7-5-4-6-8-13)25-18(22)12-9-14(23-2)16(19)15(10-12)24-3/h9-11,13H,4-8H2,1-3H3,(H,20,21)/t11-/m0/s1. The van der Waals surface area contributed by atoms with Gasteiger partial charge < -0.3 is 19.5 Å². The monoisotopic (exact) mass is 413 g/mol. The second-order valence-electron chi connectivity index (χ2n) is 6.09. The Morgan fingerprint density at radius 1 is 1.12 bits per heavy atom. The molecule has 0 unspecified atom stereocenters. The molecule has 7 heteroatoms. The summed E-state index contributed by atoms with van der Waals surface area (Å²) in [4.78, 5) is 24.6. The first-order valence-corrected chi connectivity index (χ1v) is 9.18. The summed E-state index contributed by atoms with van der Waals surface area (Å²) in [5, 5.41) is 2.96. The summed E-state index contributed by atoms with van der Waals surface area (Å²) in [6, 6.07) is 3.26. The molecule has 6 nitrogen and oxygen atoms in total. The van der Waals surface area contributed by atoms with Gasteiger partial charge in [0, 0.05) is 6.04 Å². The summed E-state index contributed by atoms with van der Waals surface area (Å²) in [7, 11) is 2.99. The smallest absolute Gasteiger partial charge is 0.339 e. The molecule has 1 fully saturated rings. The van der Waals surface area contributed by atoms with Crippen molar-refractivity contribution in [3.05, 3.63) is 22.2 Å². The lowest BCUT2D eigenvalue weighted by atomic mass is 9.95. The van der Waals surface area contributed by atoms with Gasteiger partial charge in [-0.3, -0.25) is 4.79 Å². The molecule has 0 spiro atoms. The van der Waals surface area contributed by atoms with E-state index in [9.17, 15) is 9.59 Å². The van der Waals surface area contributed by atoms with E-state index in [-0.39, 0.29) is 17.5 Å². The number of ether oxygens (including phenoxy) is 3. The Kier molecular flexibility index (Phi) is 7.11. The van der Waals surface area contributed by atoms with Crippen LogP contribution >= 0.6 is 15.9 Å². The molecule has 2 rings (SSSR count). The lowest BCUT2D eigenvalue weighted by molar-refractivity contribution is -0.130. The maximum Gasteiger partial charge on any atom is 0.339 e. The highest BCUT2D eigenvalue weighted by Crippen LogP contribution is 2.35. The molecular formula is C18H24BrNO5. The number of nitrogens with one attached hydrogen (secondary N) is 1. The van der Waals surface area contributed by atoms with E-state index >= 15 is 0 Å². The van der Waals surface area contributed by atoms with Gasteiger partial charge in [0.1, 0.15) is 16.0 Å². The number of methoxy groups -OCH3 is 2. The zero-order valence-corrected chi connectivity index (χ0v) is 16.4. The molecule has 1 N–H and O–H groups in total. The van der Waals surface area contributed by atoms with Gasteiger partial charge >= 0.3 is 5.97 Å². The number of benzene rings is 1. The minimum absolute atomic E-state index is 0.176. The molecule has 0 heterocycles. The number of amides is 1. The maximum absolute atomic E-state index is 12.4. The van der Waals surface area contributed by atoms with Crippen LogP contribution in [0.2, 0.25) is 0 Å². The highest BCUT2D eigenvalue weighted by molar-refractivity contribution is 9.10. The fourth-order valence-electron chi connectivity index (χ4n) is 2.83. The van der Waals surface area contributed by atoms with Crippen molar-refractivity contribution < 1.29 is 23.8 Å². The Balaban J connectivity index is 2.01. The van der Waals surface area contributed by atoms with Crippen LogP contribution in [-0.2, 0) is 9.53 Å². The van der Waals surface area contributed by atoms with Gasteiger partial charge in [-0.1, -0.05) is 19.3 Å². The Bertz CT molecular complexity index is 603. The normalized spacial score (nSPS) is 16.0. The van der Waals surface area contributed by atoms with Crippen LogP contribution in [-0.4, -0.2) is 38.2 Å². The summed E-state index contributed by atoms with van der Waals surface area (Å²) in [5.41, 5.74) is 0.259. The average Bonchev–Trinajstić information content (AvgIpc) is 2.62.